The smallest absolute Gasteiger partial charge is 0.273 e. The summed E-state index contributed by atoms with van der Waals surface area (Å²) in [6.45, 7) is 4.54. The number of amides is 1. The minimum atomic E-state index is -0.467. The standard InChI is InChI=1S/C16H23N3O4.ClH/c1-12-3-4-13(9-14(12)19(21)22)15(20)18-10-16(11-23-2)5-7-17-8-6-16;/h3-4,9,17H,5-8,10-11H2,1-2H3,(H,18,20);1H. The molecule has 7 nitrogen and oxygen atoms in total. The van der Waals surface area contributed by atoms with Gasteiger partial charge in [-0.2, -0.15) is 0 Å². The lowest BCUT2D eigenvalue weighted by Gasteiger charge is -2.37. The summed E-state index contributed by atoms with van der Waals surface area (Å²) >= 11 is 0. The van der Waals surface area contributed by atoms with Crippen molar-refractivity contribution in [3.05, 3.63) is 39.4 Å². The molecule has 1 fully saturated rings. The fraction of sp³-hybridized carbons (Fsp3) is 0.562. The molecule has 1 aromatic rings. The molecule has 1 heterocycles. The van der Waals surface area contributed by atoms with Crippen LogP contribution in [0, 0.1) is 22.5 Å². The fourth-order valence-corrected chi connectivity index (χ4v) is 2.95. The number of nitrogens with zero attached hydrogens (tertiary/aromatic N) is 1. The Labute approximate surface area is 147 Å². The van der Waals surface area contributed by atoms with Crippen molar-refractivity contribution in [3.8, 4) is 0 Å². The Morgan fingerprint density at radius 3 is 2.67 bits per heavy atom. The lowest BCUT2D eigenvalue weighted by molar-refractivity contribution is -0.385. The number of ether oxygens (including phenoxy) is 1. The number of methoxy groups -OCH3 is 1. The van der Waals surface area contributed by atoms with E-state index in [9.17, 15) is 14.9 Å². The van der Waals surface area contributed by atoms with Gasteiger partial charge in [-0.25, -0.2) is 0 Å². The Morgan fingerprint density at radius 2 is 2.08 bits per heavy atom. The van der Waals surface area contributed by atoms with Gasteiger partial charge in [-0.05, 0) is 38.9 Å². The van der Waals surface area contributed by atoms with E-state index < -0.39 is 4.92 Å². The van der Waals surface area contributed by atoms with Gasteiger partial charge in [-0.3, -0.25) is 14.9 Å². The molecule has 1 aliphatic rings. The molecule has 0 bridgehead atoms. The van der Waals surface area contributed by atoms with Crippen molar-refractivity contribution in [2.45, 2.75) is 19.8 Å². The summed E-state index contributed by atoms with van der Waals surface area (Å²) in [4.78, 5) is 22.9. The predicted octanol–water partition coefficient (Wildman–Crippen LogP) is 2.07. The Balaban J connectivity index is 0.00000288. The van der Waals surface area contributed by atoms with E-state index in [0.717, 1.165) is 25.9 Å². The number of carbonyl (C=O) groups excluding carboxylic acids is 1. The summed E-state index contributed by atoms with van der Waals surface area (Å²) in [6, 6.07) is 4.54. The zero-order valence-electron chi connectivity index (χ0n) is 14.0. The highest BCUT2D eigenvalue weighted by Crippen LogP contribution is 2.28. The predicted molar refractivity (Wildman–Crippen MR) is 93.8 cm³/mol. The summed E-state index contributed by atoms with van der Waals surface area (Å²) in [7, 11) is 1.66. The number of benzene rings is 1. The maximum Gasteiger partial charge on any atom is 0.273 e. The molecule has 2 rings (SSSR count). The van der Waals surface area contributed by atoms with E-state index in [-0.39, 0.29) is 29.4 Å². The van der Waals surface area contributed by atoms with E-state index >= 15 is 0 Å². The molecule has 0 unspecified atom stereocenters. The number of nitro benzene ring substituents is 1. The number of halogens is 1. The van der Waals surface area contributed by atoms with Gasteiger partial charge in [0.25, 0.3) is 11.6 Å². The van der Waals surface area contributed by atoms with Crippen LogP contribution in [0.4, 0.5) is 5.69 Å². The highest BCUT2D eigenvalue weighted by atomic mass is 35.5. The lowest BCUT2D eigenvalue weighted by atomic mass is 9.79. The number of carbonyl (C=O) groups is 1. The molecule has 0 aliphatic carbocycles. The third kappa shape index (κ3) is 4.90. The molecule has 1 saturated heterocycles. The van der Waals surface area contributed by atoms with Crippen LogP contribution in [-0.4, -0.2) is 44.2 Å². The van der Waals surface area contributed by atoms with Crippen molar-refractivity contribution in [1.82, 2.24) is 10.6 Å². The van der Waals surface area contributed by atoms with Crippen LogP contribution in [0.1, 0.15) is 28.8 Å². The van der Waals surface area contributed by atoms with Crippen LogP contribution in [0.25, 0.3) is 0 Å². The SMILES string of the molecule is COCC1(CNC(=O)c2ccc(C)c([N+](=O)[O-])c2)CCNCC1.Cl. The molecule has 2 N–H and O–H groups in total. The van der Waals surface area contributed by atoms with E-state index in [0.29, 0.717) is 24.3 Å². The molecule has 1 aliphatic heterocycles. The van der Waals surface area contributed by atoms with Crippen molar-refractivity contribution in [2.24, 2.45) is 5.41 Å². The number of hydrogen-bond donors (Lipinski definition) is 2. The van der Waals surface area contributed by atoms with E-state index in [1.807, 2.05) is 0 Å². The minimum Gasteiger partial charge on any atom is -0.384 e. The van der Waals surface area contributed by atoms with Crippen molar-refractivity contribution in [2.75, 3.05) is 33.4 Å². The first kappa shape index (κ1) is 20.3. The molecule has 0 saturated carbocycles. The van der Waals surface area contributed by atoms with Crippen LogP contribution < -0.4 is 10.6 Å². The van der Waals surface area contributed by atoms with Gasteiger partial charge >= 0.3 is 0 Å². The number of nitrogens with one attached hydrogen (secondary N) is 2. The van der Waals surface area contributed by atoms with Crippen molar-refractivity contribution in [3.63, 3.8) is 0 Å². The summed E-state index contributed by atoms with van der Waals surface area (Å²) in [5.41, 5.74) is 0.738. The number of rotatable bonds is 6. The van der Waals surface area contributed by atoms with Gasteiger partial charge in [0.1, 0.15) is 0 Å². The average Bonchev–Trinajstić information content (AvgIpc) is 2.54. The molecule has 0 radical (unpaired) electrons. The number of hydrogen-bond acceptors (Lipinski definition) is 5. The highest BCUT2D eigenvalue weighted by molar-refractivity contribution is 5.95. The average molecular weight is 358 g/mol. The zero-order chi connectivity index (χ0) is 16.9. The molecule has 134 valence electrons. The summed E-state index contributed by atoms with van der Waals surface area (Å²) < 4.78 is 5.32. The fourth-order valence-electron chi connectivity index (χ4n) is 2.95. The molecule has 24 heavy (non-hydrogen) atoms. The third-order valence-corrected chi connectivity index (χ3v) is 4.41. The normalized spacial score (nSPS) is 16.1. The van der Waals surface area contributed by atoms with Gasteiger partial charge in [0.2, 0.25) is 0 Å². The summed E-state index contributed by atoms with van der Waals surface area (Å²) in [5, 5.41) is 17.2. The molecule has 1 aromatic carbocycles. The maximum absolute atomic E-state index is 12.3. The minimum absolute atomic E-state index is 0. The van der Waals surface area contributed by atoms with Crippen molar-refractivity contribution >= 4 is 24.0 Å². The molecule has 0 aromatic heterocycles. The van der Waals surface area contributed by atoms with E-state index in [4.69, 9.17) is 4.74 Å². The van der Waals surface area contributed by atoms with Crippen LogP contribution in [0.15, 0.2) is 18.2 Å². The second-order valence-corrected chi connectivity index (χ2v) is 6.12. The number of nitro groups is 1. The van der Waals surface area contributed by atoms with Crippen LogP contribution >= 0.6 is 12.4 Å². The second kappa shape index (κ2) is 8.96. The zero-order valence-corrected chi connectivity index (χ0v) is 14.8. The first-order chi connectivity index (χ1) is 11.0. The van der Waals surface area contributed by atoms with E-state index in [1.165, 1.54) is 6.07 Å². The van der Waals surface area contributed by atoms with Gasteiger partial charge in [0.15, 0.2) is 0 Å². The molecular weight excluding hydrogens is 334 g/mol. The van der Waals surface area contributed by atoms with Crippen LogP contribution in [0.5, 0.6) is 0 Å². The lowest BCUT2D eigenvalue weighted by Crippen LogP contribution is -2.47. The van der Waals surface area contributed by atoms with Crippen molar-refractivity contribution < 1.29 is 14.5 Å². The monoisotopic (exact) mass is 357 g/mol. The van der Waals surface area contributed by atoms with Crippen LogP contribution in [0.2, 0.25) is 0 Å². The Morgan fingerprint density at radius 1 is 1.42 bits per heavy atom. The molecule has 0 atom stereocenters. The van der Waals surface area contributed by atoms with Crippen molar-refractivity contribution in [1.29, 1.82) is 0 Å². The largest absolute Gasteiger partial charge is 0.384 e. The van der Waals surface area contributed by atoms with Gasteiger partial charge in [0.05, 0.1) is 11.5 Å². The molecule has 1 amide bonds. The number of piperidine rings is 1. The topological polar surface area (TPSA) is 93.5 Å². The Bertz CT molecular complexity index is 583. The number of aryl methyl sites for hydroxylation is 1. The van der Waals surface area contributed by atoms with Crippen LogP contribution in [-0.2, 0) is 4.74 Å². The highest BCUT2D eigenvalue weighted by Gasteiger charge is 2.32. The van der Waals surface area contributed by atoms with E-state index in [2.05, 4.69) is 10.6 Å². The molecule has 0 spiro atoms. The Kier molecular flexibility index (Phi) is 7.59. The van der Waals surface area contributed by atoms with Gasteiger partial charge in [-0.15, -0.1) is 12.4 Å². The molecule has 8 heteroatoms. The van der Waals surface area contributed by atoms with Gasteiger partial charge in [-0.1, -0.05) is 6.07 Å². The quantitative estimate of drug-likeness (QED) is 0.600. The van der Waals surface area contributed by atoms with E-state index in [1.54, 1.807) is 26.2 Å². The summed E-state index contributed by atoms with van der Waals surface area (Å²) in [5.74, 6) is -0.290. The summed E-state index contributed by atoms with van der Waals surface area (Å²) in [6.07, 6.45) is 1.85. The maximum atomic E-state index is 12.3. The first-order valence-electron chi connectivity index (χ1n) is 7.70. The van der Waals surface area contributed by atoms with Crippen LogP contribution in [0.3, 0.4) is 0 Å². The van der Waals surface area contributed by atoms with Gasteiger partial charge < -0.3 is 15.4 Å². The first-order valence-corrected chi connectivity index (χ1v) is 7.70. The Hall–Kier alpha value is -1.70. The van der Waals surface area contributed by atoms with Gasteiger partial charge in [0, 0.05) is 36.3 Å². The third-order valence-electron chi connectivity index (χ3n) is 4.41. The second-order valence-electron chi connectivity index (χ2n) is 6.12. The molecular formula is C16H24ClN3O4.